The van der Waals surface area contributed by atoms with Gasteiger partial charge in [-0.3, -0.25) is 10.1 Å². The first-order chi connectivity index (χ1) is 12.2. The maximum absolute atomic E-state index is 11.2. The van der Waals surface area contributed by atoms with Gasteiger partial charge >= 0.3 is 0 Å². The fraction of sp³-hybridized carbons (Fsp3) is 0.100. The van der Waals surface area contributed by atoms with E-state index in [1.54, 1.807) is 18.2 Å². The van der Waals surface area contributed by atoms with Gasteiger partial charge in [0.2, 0.25) is 0 Å². The number of hydrogen-bond acceptors (Lipinski definition) is 3. The number of para-hydroxylation sites is 1. The number of rotatable bonds is 5. The minimum atomic E-state index is -0.335. The van der Waals surface area contributed by atoms with E-state index in [0.717, 1.165) is 29.6 Å². The molecule has 4 aromatic rings. The van der Waals surface area contributed by atoms with Gasteiger partial charge in [-0.15, -0.1) is 0 Å². The predicted molar refractivity (Wildman–Crippen MR) is 101 cm³/mol. The van der Waals surface area contributed by atoms with Crippen molar-refractivity contribution >= 4 is 33.1 Å². The summed E-state index contributed by atoms with van der Waals surface area (Å²) in [5.41, 5.74) is 3.45. The molecule has 4 rings (SSSR count). The number of nitro groups is 1. The second-order valence-corrected chi connectivity index (χ2v) is 5.97. The molecule has 0 bridgehead atoms. The number of nitrogens with one attached hydrogen (secondary N) is 2. The van der Waals surface area contributed by atoms with Crippen molar-refractivity contribution in [3.63, 3.8) is 0 Å². The molecule has 0 spiro atoms. The Labute approximate surface area is 144 Å². The Morgan fingerprint density at radius 1 is 0.920 bits per heavy atom. The SMILES string of the molecule is O=[N+]([O-])c1ccc(NCCc2c[nH]c3ccccc23)c2ccccc12. The molecule has 1 heterocycles. The van der Waals surface area contributed by atoms with E-state index >= 15 is 0 Å². The van der Waals surface area contributed by atoms with Crippen molar-refractivity contribution in [2.45, 2.75) is 6.42 Å². The summed E-state index contributed by atoms with van der Waals surface area (Å²) >= 11 is 0. The fourth-order valence-electron chi connectivity index (χ4n) is 3.27. The van der Waals surface area contributed by atoms with Gasteiger partial charge in [-0.2, -0.15) is 0 Å². The lowest BCUT2D eigenvalue weighted by molar-refractivity contribution is -0.383. The molecule has 3 aromatic carbocycles. The molecule has 0 unspecified atom stereocenters. The Morgan fingerprint density at radius 3 is 2.44 bits per heavy atom. The van der Waals surface area contributed by atoms with E-state index in [4.69, 9.17) is 0 Å². The zero-order chi connectivity index (χ0) is 17.2. The minimum absolute atomic E-state index is 0.137. The standard InChI is InChI=1S/C20H17N3O2/c24-23(25)20-10-9-19(16-6-1-2-7-17(16)20)21-12-11-14-13-22-18-8-4-3-5-15(14)18/h1-10,13,21-22H,11-12H2. The number of aromatic nitrogens is 1. The van der Waals surface area contributed by atoms with Crippen molar-refractivity contribution in [1.29, 1.82) is 0 Å². The molecule has 0 saturated heterocycles. The first-order valence-corrected chi connectivity index (χ1v) is 8.19. The van der Waals surface area contributed by atoms with Gasteiger partial charge in [0, 0.05) is 40.8 Å². The quantitative estimate of drug-likeness (QED) is 0.404. The highest BCUT2D eigenvalue weighted by atomic mass is 16.6. The number of nitrogens with zero attached hydrogens (tertiary/aromatic N) is 1. The van der Waals surface area contributed by atoms with E-state index in [1.807, 2.05) is 36.5 Å². The van der Waals surface area contributed by atoms with Crippen molar-refractivity contribution < 1.29 is 4.92 Å². The Morgan fingerprint density at radius 2 is 1.64 bits per heavy atom. The lowest BCUT2D eigenvalue weighted by Gasteiger charge is -2.10. The summed E-state index contributed by atoms with van der Waals surface area (Å²) < 4.78 is 0. The van der Waals surface area contributed by atoms with E-state index in [9.17, 15) is 10.1 Å². The molecule has 0 saturated carbocycles. The summed E-state index contributed by atoms with van der Waals surface area (Å²) in [7, 11) is 0. The highest BCUT2D eigenvalue weighted by Gasteiger charge is 2.13. The van der Waals surface area contributed by atoms with E-state index in [2.05, 4.69) is 22.4 Å². The van der Waals surface area contributed by atoms with E-state index in [1.165, 1.54) is 10.9 Å². The Balaban J connectivity index is 1.57. The minimum Gasteiger partial charge on any atom is -0.384 e. The average Bonchev–Trinajstić information content (AvgIpc) is 3.05. The van der Waals surface area contributed by atoms with Crippen LogP contribution in [0.4, 0.5) is 11.4 Å². The van der Waals surface area contributed by atoms with Crippen LogP contribution in [0, 0.1) is 10.1 Å². The molecule has 25 heavy (non-hydrogen) atoms. The lowest BCUT2D eigenvalue weighted by Crippen LogP contribution is -2.05. The molecule has 0 amide bonds. The van der Waals surface area contributed by atoms with Crippen LogP contribution in [-0.2, 0) is 6.42 Å². The molecule has 0 aliphatic heterocycles. The molecule has 5 nitrogen and oxygen atoms in total. The lowest BCUT2D eigenvalue weighted by atomic mass is 10.1. The van der Waals surface area contributed by atoms with Crippen LogP contribution in [0.2, 0.25) is 0 Å². The van der Waals surface area contributed by atoms with Gasteiger partial charge in [0.05, 0.1) is 10.3 Å². The second-order valence-electron chi connectivity index (χ2n) is 5.97. The van der Waals surface area contributed by atoms with Gasteiger partial charge in [0.15, 0.2) is 0 Å². The topological polar surface area (TPSA) is 71.0 Å². The number of non-ortho nitro benzene ring substituents is 1. The summed E-state index contributed by atoms with van der Waals surface area (Å²) in [6, 6.07) is 19.0. The number of H-pyrrole nitrogens is 1. The maximum atomic E-state index is 11.2. The summed E-state index contributed by atoms with van der Waals surface area (Å²) in [6.45, 7) is 0.754. The van der Waals surface area contributed by atoms with Crippen LogP contribution >= 0.6 is 0 Å². The van der Waals surface area contributed by atoms with Crippen LogP contribution in [0.5, 0.6) is 0 Å². The smallest absolute Gasteiger partial charge is 0.277 e. The Bertz CT molecular complexity index is 1070. The Kier molecular flexibility index (Phi) is 3.82. The summed E-state index contributed by atoms with van der Waals surface area (Å²) in [5, 5.41) is 17.4. The number of fused-ring (bicyclic) bond motifs is 2. The van der Waals surface area contributed by atoms with Gasteiger partial charge in [-0.1, -0.05) is 36.4 Å². The molecule has 2 N–H and O–H groups in total. The summed E-state index contributed by atoms with van der Waals surface area (Å²) in [6.07, 6.45) is 2.91. The summed E-state index contributed by atoms with van der Waals surface area (Å²) in [4.78, 5) is 14.2. The molecule has 0 atom stereocenters. The van der Waals surface area contributed by atoms with Crippen LogP contribution in [0.3, 0.4) is 0 Å². The predicted octanol–water partition coefficient (Wildman–Crippen LogP) is 4.88. The zero-order valence-electron chi connectivity index (χ0n) is 13.5. The number of nitro benzene ring substituents is 1. The fourth-order valence-corrected chi connectivity index (χ4v) is 3.27. The first kappa shape index (κ1) is 15.2. The molecule has 0 fully saturated rings. The molecule has 0 radical (unpaired) electrons. The monoisotopic (exact) mass is 331 g/mol. The van der Waals surface area contributed by atoms with Crippen LogP contribution in [0.15, 0.2) is 66.9 Å². The molecule has 124 valence electrons. The third-order valence-electron chi connectivity index (χ3n) is 4.48. The number of aromatic amines is 1. The number of anilines is 1. The van der Waals surface area contributed by atoms with Crippen LogP contribution in [0.25, 0.3) is 21.7 Å². The first-order valence-electron chi connectivity index (χ1n) is 8.19. The number of hydrogen-bond donors (Lipinski definition) is 2. The van der Waals surface area contributed by atoms with Crippen molar-refractivity contribution in [3.05, 3.63) is 82.5 Å². The number of benzene rings is 3. The normalized spacial score (nSPS) is 11.0. The van der Waals surface area contributed by atoms with Crippen LogP contribution in [-0.4, -0.2) is 16.5 Å². The zero-order valence-corrected chi connectivity index (χ0v) is 13.5. The third kappa shape index (κ3) is 2.80. The second kappa shape index (κ2) is 6.28. The average molecular weight is 331 g/mol. The van der Waals surface area contributed by atoms with E-state index < -0.39 is 0 Å². The van der Waals surface area contributed by atoms with Gasteiger partial charge < -0.3 is 10.3 Å². The van der Waals surface area contributed by atoms with Crippen LogP contribution in [0.1, 0.15) is 5.56 Å². The molecule has 5 heteroatoms. The van der Waals surface area contributed by atoms with Gasteiger partial charge in [-0.05, 0) is 30.2 Å². The highest BCUT2D eigenvalue weighted by molar-refractivity contribution is 5.99. The van der Waals surface area contributed by atoms with E-state index in [0.29, 0.717) is 5.39 Å². The molecular weight excluding hydrogens is 314 g/mol. The molecule has 1 aromatic heterocycles. The summed E-state index contributed by atoms with van der Waals surface area (Å²) in [5.74, 6) is 0. The van der Waals surface area contributed by atoms with Crippen molar-refractivity contribution in [3.8, 4) is 0 Å². The van der Waals surface area contributed by atoms with Gasteiger partial charge in [0.25, 0.3) is 5.69 Å². The van der Waals surface area contributed by atoms with Crippen LogP contribution < -0.4 is 5.32 Å². The van der Waals surface area contributed by atoms with E-state index in [-0.39, 0.29) is 10.6 Å². The van der Waals surface area contributed by atoms with Crippen molar-refractivity contribution in [1.82, 2.24) is 4.98 Å². The van der Waals surface area contributed by atoms with Crippen molar-refractivity contribution in [2.24, 2.45) is 0 Å². The molecule has 0 aliphatic carbocycles. The Hall–Kier alpha value is -3.34. The van der Waals surface area contributed by atoms with Gasteiger partial charge in [0.1, 0.15) is 0 Å². The van der Waals surface area contributed by atoms with Crippen molar-refractivity contribution in [2.75, 3.05) is 11.9 Å². The maximum Gasteiger partial charge on any atom is 0.277 e. The largest absolute Gasteiger partial charge is 0.384 e. The highest BCUT2D eigenvalue weighted by Crippen LogP contribution is 2.31. The molecule has 0 aliphatic rings. The molecular formula is C20H17N3O2. The third-order valence-corrected chi connectivity index (χ3v) is 4.48. The van der Waals surface area contributed by atoms with Gasteiger partial charge in [-0.25, -0.2) is 0 Å².